The second-order valence-corrected chi connectivity index (χ2v) is 6.54. The lowest BCUT2D eigenvalue weighted by molar-refractivity contribution is -0.121. The van der Waals surface area contributed by atoms with Gasteiger partial charge in [-0.1, -0.05) is 12.1 Å². The number of piperidine rings is 1. The molecule has 2 N–H and O–H groups in total. The van der Waals surface area contributed by atoms with Crippen LogP contribution in [0.1, 0.15) is 35.2 Å². The van der Waals surface area contributed by atoms with Crippen LogP contribution in [0.15, 0.2) is 24.3 Å². The summed E-state index contributed by atoms with van der Waals surface area (Å²) in [5.74, 6) is -0.917. The molecule has 0 radical (unpaired) electrons. The second kappa shape index (κ2) is 8.80. The van der Waals surface area contributed by atoms with Gasteiger partial charge in [0.2, 0.25) is 5.91 Å². The molecule has 132 valence electrons. The second-order valence-electron chi connectivity index (χ2n) is 6.54. The average Bonchev–Trinajstić information content (AvgIpc) is 2.58. The Labute approximate surface area is 143 Å². The highest BCUT2D eigenvalue weighted by Gasteiger charge is 2.20. The van der Waals surface area contributed by atoms with Gasteiger partial charge in [0.05, 0.1) is 5.56 Å². The Balaban J connectivity index is 1.68. The maximum atomic E-state index is 12.0. The van der Waals surface area contributed by atoms with Gasteiger partial charge in [-0.2, -0.15) is 0 Å². The molecular weight excluding hydrogens is 306 g/mol. The number of carbonyl (C=O) groups excluding carboxylic acids is 1. The minimum Gasteiger partial charge on any atom is -0.478 e. The highest BCUT2D eigenvalue weighted by Crippen LogP contribution is 2.14. The molecule has 1 aliphatic rings. The van der Waals surface area contributed by atoms with E-state index in [1.807, 2.05) is 0 Å². The number of benzene rings is 1. The molecule has 0 bridgehead atoms. The number of hydrogen-bond donors (Lipinski definition) is 2. The molecular formula is C18H27N3O3. The third kappa shape index (κ3) is 5.62. The van der Waals surface area contributed by atoms with Crippen LogP contribution in [0.2, 0.25) is 0 Å². The van der Waals surface area contributed by atoms with Crippen molar-refractivity contribution in [1.29, 1.82) is 0 Å². The summed E-state index contributed by atoms with van der Waals surface area (Å²) in [6.45, 7) is 3.43. The average molecular weight is 333 g/mol. The Bertz CT molecular complexity index is 551. The fourth-order valence-electron chi connectivity index (χ4n) is 2.95. The van der Waals surface area contributed by atoms with Gasteiger partial charge in [-0.3, -0.25) is 4.79 Å². The first kappa shape index (κ1) is 18.4. The summed E-state index contributed by atoms with van der Waals surface area (Å²) >= 11 is 0. The lowest BCUT2D eigenvalue weighted by Gasteiger charge is -2.35. The highest BCUT2D eigenvalue weighted by molar-refractivity contribution is 5.87. The first-order valence-electron chi connectivity index (χ1n) is 8.43. The summed E-state index contributed by atoms with van der Waals surface area (Å²) in [6.07, 6.45) is 2.80. The molecule has 1 aromatic carbocycles. The molecule has 0 aliphatic carbocycles. The third-order valence-corrected chi connectivity index (χ3v) is 4.69. The molecule has 0 unspecified atom stereocenters. The van der Waals surface area contributed by atoms with Gasteiger partial charge in [-0.05, 0) is 57.7 Å². The molecule has 0 spiro atoms. The molecule has 0 aromatic heterocycles. The molecule has 2 rings (SSSR count). The van der Waals surface area contributed by atoms with Crippen LogP contribution >= 0.6 is 0 Å². The van der Waals surface area contributed by atoms with Crippen molar-refractivity contribution in [1.82, 2.24) is 15.1 Å². The van der Waals surface area contributed by atoms with Crippen molar-refractivity contribution in [3.8, 4) is 0 Å². The molecule has 24 heavy (non-hydrogen) atoms. The van der Waals surface area contributed by atoms with Crippen molar-refractivity contribution in [2.75, 3.05) is 33.7 Å². The molecule has 1 fully saturated rings. The monoisotopic (exact) mass is 333 g/mol. The van der Waals surface area contributed by atoms with Crippen LogP contribution < -0.4 is 5.32 Å². The predicted octanol–water partition coefficient (Wildman–Crippen LogP) is 1.42. The molecule has 0 atom stereocenters. The molecule has 1 aliphatic heterocycles. The van der Waals surface area contributed by atoms with E-state index < -0.39 is 5.97 Å². The van der Waals surface area contributed by atoms with Gasteiger partial charge in [0.1, 0.15) is 0 Å². The largest absolute Gasteiger partial charge is 0.478 e. The lowest BCUT2D eigenvalue weighted by Crippen LogP contribution is -2.43. The molecule has 1 heterocycles. The molecule has 0 saturated carbocycles. The highest BCUT2D eigenvalue weighted by atomic mass is 16.4. The Morgan fingerprint density at radius 3 is 2.46 bits per heavy atom. The lowest BCUT2D eigenvalue weighted by atomic mass is 10.0. The minimum atomic E-state index is -0.942. The van der Waals surface area contributed by atoms with E-state index >= 15 is 0 Å². The summed E-state index contributed by atoms with van der Waals surface area (Å²) in [6, 6.07) is 7.13. The van der Waals surface area contributed by atoms with Crippen molar-refractivity contribution < 1.29 is 14.7 Å². The fourth-order valence-corrected chi connectivity index (χ4v) is 2.95. The molecule has 6 heteroatoms. The molecule has 1 aromatic rings. The number of carboxylic acids is 1. The zero-order valence-corrected chi connectivity index (χ0v) is 14.5. The van der Waals surface area contributed by atoms with Crippen molar-refractivity contribution >= 4 is 11.9 Å². The molecule has 1 amide bonds. The Morgan fingerprint density at radius 2 is 1.88 bits per heavy atom. The minimum absolute atomic E-state index is 0.0251. The SMILES string of the molecule is CN1CCC(N(C)CCC(=O)NCc2ccc(C(=O)O)cc2)CC1. The van der Waals surface area contributed by atoms with Crippen LogP contribution in [0.25, 0.3) is 0 Å². The van der Waals surface area contributed by atoms with E-state index in [-0.39, 0.29) is 11.5 Å². The normalized spacial score (nSPS) is 16.3. The standard InChI is InChI=1S/C18H27N3O3/c1-20-10-7-16(8-11-20)21(2)12-9-17(22)19-13-14-3-5-15(6-4-14)18(23)24/h3-6,16H,7-13H2,1-2H3,(H,19,22)(H,23,24). The first-order valence-corrected chi connectivity index (χ1v) is 8.43. The van der Waals surface area contributed by atoms with E-state index in [2.05, 4.69) is 29.2 Å². The van der Waals surface area contributed by atoms with Crippen molar-refractivity contribution in [2.45, 2.75) is 31.8 Å². The van der Waals surface area contributed by atoms with E-state index in [4.69, 9.17) is 5.11 Å². The summed E-state index contributed by atoms with van der Waals surface area (Å²) in [5, 5.41) is 11.8. The molecule has 6 nitrogen and oxygen atoms in total. The van der Waals surface area contributed by atoms with Gasteiger partial charge in [0.25, 0.3) is 0 Å². The number of hydrogen-bond acceptors (Lipinski definition) is 4. The summed E-state index contributed by atoms with van der Waals surface area (Å²) in [4.78, 5) is 27.4. The van der Waals surface area contributed by atoms with Crippen LogP contribution in [0.5, 0.6) is 0 Å². The zero-order valence-electron chi connectivity index (χ0n) is 14.5. The fraction of sp³-hybridized carbons (Fsp3) is 0.556. The van der Waals surface area contributed by atoms with E-state index in [9.17, 15) is 9.59 Å². The van der Waals surface area contributed by atoms with Crippen LogP contribution in [-0.2, 0) is 11.3 Å². The topological polar surface area (TPSA) is 72.9 Å². The summed E-state index contributed by atoms with van der Waals surface area (Å²) < 4.78 is 0. The number of rotatable bonds is 7. The Morgan fingerprint density at radius 1 is 1.25 bits per heavy atom. The number of carboxylic acid groups (broad SMARTS) is 1. The maximum Gasteiger partial charge on any atom is 0.335 e. The molecule has 1 saturated heterocycles. The summed E-state index contributed by atoms with van der Waals surface area (Å²) in [7, 11) is 4.24. The van der Waals surface area contributed by atoms with E-state index in [0.29, 0.717) is 19.0 Å². The van der Waals surface area contributed by atoms with Gasteiger partial charge in [0, 0.05) is 25.6 Å². The first-order chi connectivity index (χ1) is 11.5. The quantitative estimate of drug-likeness (QED) is 0.789. The number of aromatic carboxylic acids is 1. The van der Waals surface area contributed by atoms with Gasteiger partial charge in [-0.25, -0.2) is 4.79 Å². The van der Waals surface area contributed by atoms with Crippen LogP contribution in [0.3, 0.4) is 0 Å². The van der Waals surface area contributed by atoms with E-state index in [0.717, 1.165) is 38.0 Å². The van der Waals surface area contributed by atoms with E-state index in [1.54, 1.807) is 24.3 Å². The van der Waals surface area contributed by atoms with Crippen molar-refractivity contribution in [3.63, 3.8) is 0 Å². The van der Waals surface area contributed by atoms with E-state index in [1.165, 1.54) is 0 Å². The van der Waals surface area contributed by atoms with Crippen LogP contribution in [0.4, 0.5) is 0 Å². The van der Waals surface area contributed by atoms with Crippen LogP contribution in [0, 0.1) is 0 Å². The Hall–Kier alpha value is -1.92. The van der Waals surface area contributed by atoms with Crippen molar-refractivity contribution in [2.24, 2.45) is 0 Å². The zero-order chi connectivity index (χ0) is 17.5. The van der Waals surface area contributed by atoms with Gasteiger partial charge < -0.3 is 20.2 Å². The number of carbonyl (C=O) groups is 2. The number of nitrogens with zero attached hydrogens (tertiary/aromatic N) is 2. The van der Waals surface area contributed by atoms with Gasteiger partial charge >= 0.3 is 5.97 Å². The summed E-state index contributed by atoms with van der Waals surface area (Å²) in [5.41, 5.74) is 1.15. The smallest absolute Gasteiger partial charge is 0.335 e. The number of amides is 1. The van der Waals surface area contributed by atoms with Gasteiger partial charge in [-0.15, -0.1) is 0 Å². The predicted molar refractivity (Wildman–Crippen MR) is 93.0 cm³/mol. The Kier molecular flexibility index (Phi) is 6.75. The number of nitrogens with one attached hydrogen (secondary N) is 1. The third-order valence-electron chi connectivity index (χ3n) is 4.69. The van der Waals surface area contributed by atoms with Crippen molar-refractivity contribution in [3.05, 3.63) is 35.4 Å². The van der Waals surface area contributed by atoms with Gasteiger partial charge in [0.15, 0.2) is 0 Å². The maximum absolute atomic E-state index is 12.0. The number of likely N-dealkylation sites (tertiary alicyclic amines) is 1. The van der Waals surface area contributed by atoms with Crippen LogP contribution in [-0.4, -0.2) is 66.6 Å².